The molecule has 6 nitrogen and oxygen atoms in total. The maximum absolute atomic E-state index is 10.7. The molecule has 1 unspecified atom stereocenters. The van der Waals surface area contributed by atoms with Crippen LogP contribution in [0, 0.1) is 13.8 Å². The minimum absolute atomic E-state index is 0.157. The van der Waals surface area contributed by atoms with Crippen molar-refractivity contribution in [3.05, 3.63) is 29.2 Å². The highest BCUT2D eigenvalue weighted by atomic mass is 16.1. The van der Waals surface area contributed by atoms with Gasteiger partial charge in [-0.15, -0.1) is 0 Å². The lowest BCUT2D eigenvalue weighted by Gasteiger charge is -2.16. The summed E-state index contributed by atoms with van der Waals surface area (Å²) in [4.78, 5) is 15.1. The lowest BCUT2D eigenvalue weighted by atomic mass is 10.1. The number of carbonyl (C=O) groups is 1. The number of hydrogen-bond acceptors (Lipinski definition) is 4. The first kappa shape index (κ1) is 14.5. The first-order chi connectivity index (χ1) is 9.49. The first-order valence-corrected chi connectivity index (χ1v) is 6.82. The number of primary amides is 1. The number of amides is 1. The van der Waals surface area contributed by atoms with Gasteiger partial charge in [0.1, 0.15) is 0 Å². The molecule has 0 aromatic carbocycles. The molecule has 0 aliphatic heterocycles. The second-order valence-corrected chi connectivity index (χ2v) is 5.10. The van der Waals surface area contributed by atoms with E-state index in [2.05, 4.69) is 22.3 Å². The Labute approximate surface area is 118 Å². The molecule has 0 aliphatic carbocycles. The van der Waals surface area contributed by atoms with Crippen molar-refractivity contribution >= 4 is 11.6 Å². The largest absolute Gasteiger partial charge is 0.370 e. The molecule has 6 heteroatoms. The smallest absolute Gasteiger partial charge is 0.217 e. The van der Waals surface area contributed by atoms with E-state index in [1.807, 2.05) is 30.6 Å². The number of fused-ring (bicyclic) bond motifs is 1. The summed E-state index contributed by atoms with van der Waals surface area (Å²) in [5.41, 5.74) is 9.14. The minimum Gasteiger partial charge on any atom is -0.370 e. The number of hydrogen-bond donors (Lipinski definition) is 2. The van der Waals surface area contributed by atoms with Crippen LogP contribution in [0.5, 0.6) is 0 Å². The molecule has 1 atom stereocenters. The van der Waals surface area contributed by atoms with Gasteiger partial charge in [0, 0.05) is 36.0 Å². The zero-order valence-corrected chi connectivity index (χ0v) is 12.2. The molecule has 2 rings (SSSR count). The van der Waals surface area contributed by atoms with Gasteiger partial charge in [0.25, 0.3) is 0 Å². The fourth-order valence-electron chi connectivity index (χ4n) is 2.29. The number of aryl methyl sites for hydroxylation is 2. The van der Waals surface area contributed by atoms with Gasteiger partial charge in [0.15, 0.2) is 5.65 Å². The number of aromatic nitrogens is 3. The molecule has 20 heavy (non-hydrogen) atoms. The Kier molecular flexibility index (Phi) is 4.34. The van der Waals surface area contributed by atoms with Gasteiger partial charge in [0.05, 0.1) is 5.69 Å². The maximum atomic E-state index is 10.7. The monoisotopic (exact) mass is 275 g/mol. The zero-order valence-electron chi connectivity index (χ0n) is 12.2. The summed E-state index contributed by atoms with van der Waals surface area (Å²) in [6, 6.07) is 2.12. The summed E-state index contributed by atoms with van der Waals surface area (Å²) in [6.45, 7) is 6.83. The summed E-state index contributed by atoms with van der Waals surface area (Å²) in [5.74, 6) is -0.259. The summed E-state index contributed by atoms with van der Waals surface area (Å²) < 4.78 is 1.87. The molecule has 0 radical (unpaired) electrons. The molecular weight excluding hydrogens is 254 g/mol. The van der Waals surface area contributed by atoms with Crippen molar-refractivity contribution in [1.82, 2.24) is 19.9 Å². The Bertz CT molecular complexity index is 619. The molecule has 0 fully saturated rings. The quantitative estimate of drug-likeness (QED) is 0.777. The SMILES string of the molecule is Cc1cc2ncc(C(C)NCCCC(N)=O)c(C)n2n1. The van der Waals surface area contributed by atoms with Crippen LogP contribution in [0.2, 0.25) is 0 Å². The standard InChI is InChI=1S/C14H21N5O/c1-9-7-14-17-8-12(11(3)19(14)18-9)10(2)16-6-4-5-13(15)20/h7-8,10,16H,4-6H2,1-3H3,(H2,15,20). The van der Waals surface area contributed by atoms with E-state index in [0.717, 1.165) is 35.6 Å². The molecule has 0 spiro atoms. The van der Waals surface area contributed by atoms with Crippen LogP contribution in [0.25, 0.3) is 5.65 Å². The van der Waals surface area contributed by atoms with Crippen LogP contribution in [-0.4, -0.2) is 27.0 Å². The Balaban J connectivity index is 2.07. The number of carbonyl (C=O) groups excluding carboxylic acids is 1. The summed E-state index contributed by atoms with van der Waals surface area (Å²) >= 11 is 0. The third-order valence-electron chi connectivity index (χ3n) is 3.40. The fraction of sp³-hybridized carbons (Fsp3) is 0.500. The van der Waals surface area contributed by atoms with Crippen molar-refractivity contribution in [2.75, 3.05) is 6.54 Å². The van der Waals surface area contributed by atoms with Gasteiger partial charge in [-0.25, -0.2) is 9.50 Å². The van der Waals surface area contributed by atoms with Gasteiger partial charge in [0.2, 0.25) is 5.91 Å². The van der Waals surface area contributed by atoms with Gasteiger partial charge in [-0.05, 0) is 33.7 Å². The average Bonchev–Trinajstić information content (AvgIpc) is 2.76. The minimum atomic E-state index is -0.259. The topological polar surface area (TPSA) is 85.3 Å². The van der Waals surface area contributed by atoms with Gasteiger partial charge in [-0.3, -0.25) is 4.79 Å². The van der Waals surface area contributed by atoms with E-state index in [-0.39, 0.29) is 11.9 Å². The van der Waals surface area contributed by atoms with Crippen molar-refractivity contribution in [1.29, 1.82) is 0 Å². The average molecular weight is 275 g/mol. The van der Waals surface area contributed by atoms with E-state index in [1.54, 1.807) is 0 Å². The van der Waals surface area contributed by atoms with E-state index in [0.29, 0.717) is 6.42 Å². The normalized spacial score (nSPS) is 12.8. The van der Waals surface area contributed by atoms with E-state index in [4.69, 9.17) is 5.73 Å². The van der Waals surface area contributed by atoms with Crippen LogP contribution in [0.3, 0.4) is 0 Å². The molecule has 0 aliphatic rings. The van der Waals surface area contributed by atoms with E-state index < -0.39 is 0 Å². The molecule has 2 aromatic heterocycles. The van der Waals surface area contributed by atoms with E-state index in [9.17, 15) is 4.79 Å². The third kappa shape index (κ3) is 3.14. The maximum Gasteiger partial charge on any atom is 0.217 e. The van der Waals surface area contributed by atoms with Crippen molar-refractivity contribution in [2.45, 2.75) is 39.7 Å². The Morgan fingerprint density at radius 2 is 2.25 bits per heavy atom. The Hall–Kier alpha value is -1.95. The number of rotatable bonds is 6. The van der Waals surface area contributed by atoms with Crippen molar-refractivity contribution in [2.24, 2.45) is 5.73 Å². The zero-order chi connectivity index (χ0) is 14.7. The fourth-order valence-corrected chi connectivity index (χ4v) is 2.29. The molecular formula is C14H21N5O. The highest BCUT2D eigenvalue weighted by molar-refractivity contribution is 5.73. The van der Waals surface area contributed by atoms with Crippen LogP contribution in [-0.2, 0) is 4.79 Å². The van der Waals surface area contributed by atoms with Crippen LogP contribution < -0.4 is 11.1 Å². The summed E-state index contributed by atoms with van der Waals surface area (Å²) in [7, 11) is 0. The predicted octanol–water partition coefficient (Wildman–Crippen LogP) is 1.26. The lowest BCUT2D eigenvalue weighted by molar-refractivity contribution is -0.118. The third-order valence-corrected chi connectivity index (χ3v) is 3.40. The van der Waals surface area contributed by atoms with Gasteiger partial charge in [-0.1, -0.05) is 0 Å². The number of nitrogens with two attached hydrogens (primary N) is 1. The van der Waals surface area contributed by atoms with Crippen LogP contribution in [0.15, 0.2) is 12.3 Å². The van der Waals surface area contributed by atoms with Crippen LogP contribution in [0.4, 0.5) is 0 Å². The van der Waals surface area contributed by atoms with Crippen LogP contribution >= 0.6 is 0 Å². The second-order valence-electron chi connectivity index (χ2n) is 5.10. The van der Waals surface area contributed by atoms with Gasteiger partial charge in [-0.2, -0.15) is 5.10 Å². The van der Waals surface area contributed by atoms with Crippen molar-refractivity contribution in [3.8, 4) is 0 Å². The molecule has 2 heterocycles. The predicted molar refractivity (Wildman–Crippen MR) is 77.3 cm³/mol. The highest BCUT2D eigenvalue weighted by Crippen LogP contribution is 2.17. The number of nitrogens with one attached hydrogen (secondary N) is 1. The van der Waals surface area contributed by atoms with Crippen molar-refractivity contribution < 1.29 is 4.79 Å². The van der Waals surface area contributed by atoms with Crippen molar-refractivity contribution in [3.63, 3.8) is 0 Å². The van der Waals surface area contributed by atoms with Gasteiger partial charge >= 0.3 is 0 Å². The molecule has 1 amide bonds. The first-order valence-electron chi connectivity index (χ1n) is 6.82. The van der Waals surface area contributed by atoms with Crippen LogP contribution in [0.1, 0.15) is 42.8 Å². The molecule has 0 bridgehead atoms. The molecule has 3 N–H and O–H groups in total. The Morgan fingerprint density at radius 3 is 2.95 bits per heavy atom. The number of nitrogens with zero attached hydrogens (tertiary/aromatic N) is 3. The Morgan fingerprint density at radius 1 is 1.50 bits per heavy atom. The summed E-state index contributed by atoms with van der Waals surface area (Å²) in [5, 5.41) is 7.82. The molecule has 2 aromatic rings. The lowest BCUT2D eigenvalue weighted by Crippen LogP contribution is -2.23. The van der Waals surface area contributed by atoms with Gasteiger partial charge < -0.3 is 11.1 Å². The second kappa shape index (κ2) is 6.00. The van der Waals surface area contributed by atoms with E-state index >= 15 is 0 Å². The van der Waals surface area contributed by atoms with E-state index in [1.165, 1.54) is 0 Å². The molecule has 0 saturated heterocycles. The molecule has 0 saturated carbocycles. The summed E-state index contributed by atoms with van der Waals surface area (Å²) in [6.07, 6.45) is 3.04. The highest BCUT2D eigenvalue weighted by Gasteiger charge is 2.12. The molecule has 108 valence electrons.